The molecule has 1 aromatic heterocycles. The fourth-order valence-corrected chi connectivity index (χ4v) is 4.90. The second-order valence-electron chi connectivity index (χ2n) is 8.75. The Morgan fingerprint density at radius 2 is 1.82 bits per heavy atom. The molecule has 0 spiro atoms. The Balaban J connectivity index is 1.80. The summed E-state index contributed by atoms with van der Waals surface area (Å²) in [5.41, 5.74) is 2.11. The van der Waals surface area contributed by atoms with Crippen LogP contribution in [0.15, 0.2) is 24.3 Å². The van der Waals surface area contributed by atoms with E-state index >= 15 is 0 Å². The number of benzene rings is 1. The molecule has 1 aliphatic heterocycles. The van der Waals surface area contributed by atoms with Crippen LogP contribution in [-0.2, 0) is 5.41 Å². The van der Waals surface area contributed by atoms with Gasteiger partial charge >= 0.3 is 0 Å². The van der Waals surface area contributed by atoms with Crippen LogP contribution in [0.1, 0.15) is 43.9 Å². The summed E-state index contributed by atoms with van der Waals surface area (Å²) in [6.45, 7) is 7.50. The number of halogens is 2. The first-order valence-electron chi connectivity index (χ1n) is 10.0. The second-order valence-corrected chi connectivity index (χ2v) is 8.75. The second kappa shape index (κ2) is 7.16. The molecule has 2 heterocycles. The average Bonchev–Trinajstić information content (AvgIpc) is 2.67. The minimum Gasteiger partial charge on any atom is -0.304 e. The number of hydrogen-bond donors (Lipinski definition) is 0. The Labute approximate surface area is 165 Å². The van der Waals surface area contributed by atoms with Gasteiger partial charge in [0.05, 0.1) is 17.0 Å². The number of piperazine rings is 1. The summed E-state index contributed by atoms with van der Waals surface area (Å²) in [6.07, 6.45) is 2.06. The summed E-state index contributed by atoms with van der Waals surface area (Å²) < 4.78 is 28.6. The SMILES string of the molecule is C[C@H]1CC[C@](C)([C@@H]2CN(C)CCN2C)c2nnc(-c3c(F)cccc3F)cc21. The molecule has 2 aromatic rings. The lowest BCUT2D eigenvalue weighted by atomic mass is 9.66. The molecule has 4 rings (SSSR count). The van der Waals surface area contributed by atoms with Gasteiger partial charge in [-0.15, -0.1) is 0 Å². The van der Waals surface area contributed by atoms with Gasteiger partial charge in [-0.05, 0) is 56.6 Å². The largest absolute Gasteiger partial charge is 0.304 e. The number of aromatic nitrogens is 2. The van der Waals surface area contributed by atoms with Crippen LogP contribution in [0.25, 0.3) is 11.3 Å². The molecule has 0 N–H and O–H groups in total. The van der Waals surface area contributed by atoms with Gasteiger partial charge < -0.3 is 4.90 Å². The molecule has 0 radical (unpaired) electrons. The summed E-state index contributed by atoms with van der Waals surface area (Å²) in [5.74, 6) is -0.915. The molecule has 1 saturated heterocycles. The Bertz CT molecular complexity index is 867. The molecule has 1 aliphatic carbocycles. The molecule has 3 atom stereocenters. The lowest BCUT2D eigenvalue weighted by molar-refractivity contribution is 0.0528. The van der Waals surface area contributed by atoms with Crippen LogP contribution >= 0.6 is 0 Å². The van der Waals surface area contributed by atoms with Crippen LogP contribution in [0.5, 0.6) is 0 Å². The maximum atomic E-state index is 14.3. The minimum absolute atomic E-state index is 0.0909. The van der Waals surface area contributed by atoms with Crippen molar-refractivity contribution in [3.63, 3.8) is 0 Å². The number of rotatable bonds is 2. The Hall–Kier alpha value is -1.92. The maximum Gasteiger partial charge on any atom is 0.135 e. The van der Waals surface area contributed by atoms with Gasteiger partial charge in [-0.3, -0.25) is 4.90 Å². The number of fused-ring (bicyclic) bond motifs is 1. The predicted octanol–water partition coefficient (Wildman–Crippen LogP) is 3.82. The van der Waals surface area contributed by atoms with Crippen LogP contribution in [0.2, 0.25) is 0 Å². The van der Waals surface area contributed by atoms with Crippen LogP contribution in [0.4, 0.5) is 8.78 Å². The lowest BCUT2D eigenvalue weighted by Gasteiger charge is -2.50. The fraction of sp³-hybridized carbons (Fsp3) is 0.545. The van der Waals surface area contributed by atoms with Crippen molar-refractivity contribution in [2.75, 3.05) is 33.7 Å². The summed E-state index contributed by atoms with van der Waals surface area (Å²) in [5, 5.41) is 8.88. The molecule has 28 heavy (non-hydrogen) atoms. The van der Waals surface area contributed by atoms with Crippen LogP contribution in [-0.4, -0.2) is 59.8 Å². The zero-order valence-corrected chi connectivity index (χ0v) is 17.0. The van der Waals surface area contributed by atoms with Gasteiger partial charge in [0, 0.05) is 31.1 Å². The minimum atomic E-state index is -0.603. The van der Waals surface area contributed by atoms with Crippen molar-refractivity contribution in [1.82, 2.24) is 20.0 Å². The quantitative estimate of drug-likeness (QED) is 0.785. The lowest BCUT2D eigenvalue weighted by Crippen LogP contribution is -2.59. The molecule has 2 aliphatic rings. The van der Waals surface area contributed by atoms with E-state index in [0.717, 1.165) is 43.7 Å². The first kappa shape index (κ1) is 19.4. The fourth-order valence-electron chi connectivity index (χ4n) is 4.90. The van der Waals surface area contributed by atoms with Crippen LogP contribution in [0.3, 0.4) is 0 Å². The molecule has 0 bridgehead atoms. The third-order valence-electron chi connectivity index (χ3n) is 6.80. The highest BCUT2D eigenvalue weighted by Crippen LogP contribution is 2.46. The Kier molecular flexibility index (Phi) is 4.96. The molecule has 6 heteroatoms. The van der Waals surface area contributed by atoms with E-state index in [2.05, 4.69) is 47.9 Å². The molecular formula is C22H28F2N4. The average molecular weight is 386 g/mol. The van der Waals surface area contributed by atoms with Crippen molar-refractivity contribution in [2.24, 2.45) is 0 Å². The summed E-state index contributed by atoms with van der Waals surface area (Å²) in [7, 11) is 4.34. The van der Waals surface area contributed by atoms with Crippen molar-refractivity contribution in [1.29, 1.82) is 0 Å². The van der Waals surface area contributed by atoms with Gasteiger partial charge in [0.2, 0.25) is 0 Å². The molecule has 150 valence electrons. The molecule has 0 unspecified atom stereocenters. The Morgan fingerprint density at radius 3 is 2.54 bits per heavy atom. The van der Waals surface area contributed by atoms with E-state index in [4.69, 9.17) is 0 Å². The van der Waals surface area contributed by atoms with E-state index < -0.39 is 11.6 Å². The van der Waals surface area contributed by atoms with E-state index in [-0.39, 0.29) is 16.7 Å². The summed E-state index contributed by atoms with van der Waals surface area (Å²) in [6, 6.07) is 6.09. The highest BCUT2D eigenvalue weighted by atomic mass is 19.1. The maximum absolute atomic E-state index is 14.3. The topological polar surface area (TPSA) is 32.3 Å². The Morgan fingerprint density at radius 1 is 1.11 bits per heavy atom. The van der Waals surface area contributed by atoms with Gasteiger partial charge in [0.1, 0.15) is 11.6 Å². The number of nitrogens with zero attached hydrogens (tertiary/aromatic N) is 4. The molecule has 1 fully saturated rings. The highest BCUT2D eigenvalue weighted by Gasteiger charge is 2.46. The van der Waals surface area contributed by atoms with Gasteiger partial charge in [0.15, 0.2) is 0 Å². The van der Waals surface area contributed by atoms with Crippen molar-refractivity contribution < 1.29 is 8.78 Å². The first-order valence-corrected chi connectivity index (χ1v) is 10.0. The van der Waals surface area contributed by atoms with Crippen molar-refractivity contribution >= 4 is 0 Å². The smallest absolute Gasteiger partial charge is 0.135 e. The van der Waals surface area contributed by atoms with Gasteiger partial charge in [-0.2, -0.15) is 10.2 Å². The van der Waals surface area contributed by atoms with Crippen LogP contribution in [0, 0.1) is 11.6 Å². The number of likely N-dealkylation sites (N-methyl/N-ethyl adjacent to an activating group) is 2. The normalized spacial score (nSPS) is 28.9. The van der Waals surface area contributed by atoms with E-state index in [1.165, 1.54) is 18.2 Å². The summed E-state index contributed by atoms with van der Waals surface area (Å²) >= 11 is 0. The zero-order chi connectivity index (χ0) is 20.1. The molecule has 0 amide bonds. The standard InChI is InChI=1S/C22H28F2N4/c1-14-8-9-22(2,19-13-27(3)10-11-28(19)4)21-15(14)12-18(25-26-21)20-16(23)6-5-7-17(20)24/h5-7,12,14,19H,8-11,13H2,1-4H3/t14-,19-,22+/m0/s1. The van der Waals surface area contributed by atoms with E-state index in [1.54, 1.807) is 0 Å². The van der Waals surface area contributed by atoms with E-state index in [0.29, 0.717) is 12.0 Å². The predicted molar refractivity (Wildman–Crippen MR) is 106 cm³/mol. The monoisotopic (exact) mass is 386 g/mol. The van der Waals surface area contributed by atoms with Crippen molar-refractivity contribution in [2.45, 2.75) is 44.1 Å². The van der Waals surface area contributed by atoms with E-state index in [1.807, 2.05) is 6.07 Å². The van der Waals surface area contributed by atoms with Gasteiger partial charge in [-0.1, -0.05) is 19.9 Å². The third kappa shape index (κ3) is 3.12. The third-order valence-corrected chi connectivity index (χ3v) is 6.80. The zero-order valence-electron chi connectivity index (χ0n) is 17.0. The van der Waals surface area contributed by atoms with Gasteiger partial charge in [0.25, 0.3) is 0 Å². The molecule has 1 aromatic carbocycles. The van der Waals surface area contributed by atoms with Crippen molar-refractivity contribution in [3.8, 4) is 11.3 Å². The molecule has 4 nitrogen and oxygen atoms in total. The first-order chi connectivity index (χ1) is 13.3. The van der Waals surface area contributed by atoms with Crippen LogP contribution < -0.4 is 0 Å². The molecule has 0 saturated carbocycles. The molecular weight excluding hydrogens is 358 g/mol. The summed E-state index contributed by atoms with van der Waals surface area (Å²) in [4.78, 5) is 4.79. The van der Waals surface area contributed by atoms with E-state index in [9.17, 15) is 8.78 Å². The van der Waals surface area contributed by atoms with Crippen molar-refractivity contribution in [3.05, 3.63) is 47.2 Å². The highest BCUT2D eigenvalue weighted by molar-refractivity contribution is 5.62. The number of hydrogen-bond acceptors (Lipinski definition) is 4. The van der Waals surface area contributed by atoms with Gasteiger partial charge in [-0.25, -0.2) is 8.78 Å².